The second-order valence-corrected chi connectivity index (χ2v) is 6.50. The number of hydrogen-bond acceptors (Lipinski definition) is 2. The van der Waals surface area contributed by atoms with Crippen molar-refractivity contribution in [2.24, 2.45) is 5.73 Å². The standard InChI is InChI=1S/C17H20BrClN2/c1-12(15-5-3-4-6-17(15)19)21(2)11-14-8-7-13(10-20)9-16(14)18/h3-9,12H,10-11,20H2,1-2H3. The molecule has 2 aromatic rings. The summed E-state index contributed by atoms with van der Waals surface area (Å²) in [7, 11) is 2.11. The number of rotatable bonds is 5. The maximum atomic E-state index is 6.29. The zero-order chi connectivity index (χ0) is 15.4. The molecule has 0 aliphatic heterocycles. The fraction of sp³-hybridized carbons (Fsp3) is 0.294. The number of nitrogens with zero attached hydrogens (tertiary/aromatic N) is 1. The fourth-order valence-corrected chi connectivity index (χ4v) is 3.15. The van der Waals surface area contributed by atoms with Gasteiger partial charge in [-0.15, -0.1) is 0 Å². The normalized spacial score (nSPS) is 12.7. The van der Waals surface area contributed by atoms with Crippen molar-refractivity contribution in [3.8, 4) is 0 Å². The first kappa shape index (κ1) is 16.5. The quantitative estimate of drug-likeness (QED) is 0.826. The Labute approximate surface area is 140 Å². The Hall–Kier alpha value is -0.870. The molecule has 1 unspecified atom stereocenters. The summed E-state index contributed by atoms with van der Waals surface area (Å²) in [5.41, 5.74) is 9.19. The van der Waals surface area contributed by atoms with Crippen LogP contribution in [0.1, 0.15) is 29.7 Å². The molecule has 0 bridgehead atoms. The highest BCUT2D eigenvalue weighted by molar-refractivity contribution is 9.10. The summed E-state index contributed by atoms with van der Waals surface area (Å²) < 4.78 is 1.10. The monoisotopic (exact) mass is 366 g/mol. The maximum absolute atomic E-state index is 6.29. The number of halogens is 2. The van der Waals surface area contributed by atoms with Gasteiger partial charge in [0, 0.05) is 28.6 Å². The molecule has 0 aromatic heterocycles. The summed E-state index contributed by atoms with van der Waals surface area (Å²) in [6.45, 7) is 3.58. The molecule has 2 aromatic carbocycles. The minimum absolute atomic E-state index is 0.250. The van der Waals surface area contributed by atoms with Crippen LogP contribution in [0.2, 0.25) is 5.02 Å². The number of hydrogen-bond donors (Lipinski definition) is 1. The second kappa shape index (κ2) is 7.41. The summed E-state index contributed by atoms with van der Waals surface area (Å²) in [6.07, 6.45) is 0. The Morgan fingerprint density at radius 1 is 1.24 bits per heavy atom. The predicted octanol–water partition coefficient (Wildman–Crippen LogP) is 4.75. The van der Waals surface area contributed by atoms with Crippen LogP contribution in [-0.2, 0) is 13.1 Å². The molecule has 0 heterocycles. The van der Waals surface area contributed by atoms with Gasteiger partial charge < -0.3 is 5.73 Å². The fourth-order valence-electron chi connectivity index (χ4n) is 2.30. The topological polar surface area (TPSA) is 29.3 Å². The first-order chi connectivity index (χ1) is 10.0. The summed E-state index contributed by atoms with van der Waals surface area (Å²) in [5, 5.41) is 0.814. The molecule has 0 spiro atoms. The molecule has 4 heteroatoms. The van der Waals surface area contributed by atoms with Crippen molar-refractivity contribution in [3.05, 3.63) is 68.7 Å². The Kier molecular flexibility index (Phi) is 5.82. The average Bonchev–Trinajstić information content (AvgIpc) is 2.49. The third kappa shape index (κ3) is 4.07. The molecule has 21 heavy (non-hydrogen) atoms. The second-order valence-electron chi connectivity index (χ2n) is 5.24. The summed E-state index contributed by atoms with van der Waals surface area (Å²) in [5.74, 6) is 0. The summed E-state index contributed by atoms with van der Waals surface area (Å²) >= 11 is 9.92. The van der Waals surface area contributed by atoms with Gasteiger partial charge in [-0.1, -0.05) is 57.9 Å². The van der Waals surface area contributed by atoms with Crippen LogP contribution < -0.4 is 5.73 Å². The molecule has 0 fully saturated rings. The van der Waals surface area contributed by atoms with Gasteiger partial charge in [-0.25, -0.2) is 0 Å². The van der Waals surface area contributed by atoms with Gasteiger partial charge in [0.15, 0.2) is 0 Å². The zero-order valence-electron chi connectivity index (χ0n) is 12.3. The van der Waals surface area contributed by atoms with Gasteiger partial charge >= 0.3 is 0 Å². The summed E-state index contributed by atoms with van der Waals surface area (Å²) in [4.78, 5) is 2.28. The Balaban J connectivity index is 2.14. The molecule has 112 valence electrons. The minimum Gasteiger partial charge on any atom is -0.326 e. The van der Waals surface area contributed by atoms with E-state index in [1.807, 2.05) is 18.2 Å². The van der Waals surface area contributed by atoms with Crippen molar-refractivity contribution in [1.82, 2.24) is 4.90 Å². The van der Waals surface area contributed by atoms with Gasteiger partial charge in [0.2, 0.25) is 0 Å². The zero-order valence-corrected chi connectivity index (χ0v) is 14.7. The molecule has 0 radical (unpaired) electrons. The summed E-state index contributed by atoms with van der Waals surface area (Å²) in [6, 6.07) is 14.5. The molecule has 0 aliphatic carbocycles. The first-order valence-corrected chi connectivity index (χ1v) is 8.12. The minimum atomic E-state index is 0.250. The molecular weight excluding hydrogens is 348 g/mol. The lowest BCUT2D eigenvalue weighted by molar-refractivity contribution is 0.252. The third-order valence-electron chi connectivity index (χ3n) is 3.79. The van der Waals surface area contributed by atoms with E-state index in [1.54, 1.807) is 0 Å². The molecule has 0 aliphatic rings. The van der Waals surface area contributed by atoms with Crippen molar-refractivity contribution in [3.63, 3.8) is 0 Å². The highest BCUT2D eigenvalue weighted by Crippen LogP contribution is 2.28. The third-order valence-corrected chi connectivity index (χ3v) is 4.87. The van der Waals surface area contributed by atoms with E-state index in [0.29, 0.717) is 6.54 Å². The van der Waals surface area contributed by atoms with Gasteiger partial charge in [-0.05, 0) is 42.8 Å². The average molecular weight is 368 g/mol. The van der Waals surface area contributed by atoms with E-state index in [-0.39, 0.29) is 6.04 Å². The van der Waals surface area contributed by atoms with Gasteiger partial charge in [0.25, 0.3) is 0 Å². The van der Waals surface area contributed by atoms with Crippen molar-refractivity contribution in [2.45, 2.75) is 26.1 Å². The van der Waals surface area contributed by atoms with E-state index in [2.05, 4.69) is 59.1 Å². The first-order valence-electron chi connectivity index (χ1n) is 6.95. The highest BCUT2D eigenvalue weighted by Gasteiger charge is 2.15. The lowest BCUT2D eigenvalue weighted by Gasteiger charge is -2.26. The van der Waals surface area contributed by atoms with Crippen LogP contribution in [0.15, 0.2) is 46.9 Å². The highest BCUT2D eigenvalue weighted by atomic mass is 79.9. The van der Waals surface area contributed by atoms with Crippen molar-refractivity contribution < 1.29 is 0 Å². The molecular formula is C17H20BrClN2. The van der Waals surface area contributed by atoms with E-state index in [9.17, 15) is 0 Å². The lowest BCUT2D eigenvalue weighted by atomic mass is 10.1. The van der Waals surface area contributed by atoms with E-state index in [0.717, 1.165) is 27.2 Å². The Morgan fingerprint density at radius 3 is 2.57 bits per heavy atom. The largest absolute Gasteiger partial charge is 0.326 e. The lowest BCUT2D eigenvalue weighted by Crippen LogP contribution is -2.22. The van der Waals surface area contributed by atoms with Crippen LogP contribution in [-0.4, -0.2) is 11.9 Å². The smallest absolute Gasteiger partial charge is 0.0453 e. The van der Waals surface area contributed by atoms with Crippen molar-refractivity contribution in [1.29, 1.82) is 0 Å². The molecule has 2 N–H and O–H groups in total. The van der Waals surface area contributed by atoms with Crippen LogP contribution in [0.3, 0.4) is 0 Å². The maximum Gasteiger partial charge on any atom is 0.0453 e. The van der Waals surface area contributed by atoms with Gasteiger partial charge in [0.05, 0.1) is 0 Å². The van der Waals surface area contributed by atoms with Crippen molar-refractivity contribution >= 4 is 27.5 Å². The van der Waals surface area contributed by atoms with E-state index < -0.39 is 0 Å². The van der Waals surface area contributed by atoms with Gasteiger partial charge in [0.1, 0.15) is 0 Å². The van der Waals surface area contributed by atoms with Crippen LogP contribution in [0.25, 0.3) is 0 Å². The van der Waals surface area contributed by atoms with Crippen LogP contribution in [0, 0.1) is 0 Å². The van der Waals surface area contributed by atoms with E-state index in [4.69, 9.17) is 17.3 Å². The van der Waals surface area contributed by atoms with E-state index >= 15 is 0 Å². The van der Waals surface area contributed by atoms with Crippen LogP contribution >= 0.6 is 27.5 Å². The van der Waals surface area contributed by atoms with Crippen LogP contribution in [0.4, 0.5) is 0 Å². The Bertz CT molecular complexity index is 615. The Morgan fingerprint density at radius 2 is 1.95 bits per heavy atom. The molecule has 2 nitrogen and oxygen atoms in total. The molecule has 0 saturated carbocycles. The molecule has 1 atom stereocenters. The van der Waals surface area contributed by atoms with Crippen molar-refractivity contribution in [2.75, 3.05) is 7.05 Å². The number of nitrogens with two attached hydrogens (primary N) is 1. The van der Waals surface area contributed by atoms with Crippen LogP contribution in [0.5, 0.6) is 0 Å². The molecule has 2 rings (SSSR count). The predicted molar refractivity (Wildman–Crippen MR) is 93.4 cm³/mol. The van der Waals surface area contributed by atoms with Gasteiger partial charge in [-0.2, -0.15) is 0 Å². The SMILES string of the molecule is CC(c1ccccc1Cl)N(C)Cc1ccc(CN)cc1Br. The number of benzene rings is 2. The molecule has 0 saturated heterocycles. The van der Waals surface area contributed by atoms with E-state index in [1.165, 1.54) is 5.56 Å². The van der Waals surface area contributed by atoms with Gasteiger partial charge in [-0.3, -0.25) is 4.90 Å². The molecule has 0 amide bonds.